The fraction of sp³-hybridized carbons (Fsp3) is 0.308. The highest BCUT2D eigenvalue weighted by Crippen LogP contribution is 2.19. The van der Waals surface area contributed by atoms with Gasteiger partial charge in [-0.2, -0.15) is 0 Å². The maximum Gasteiger partial charge on any atom is 0.358 e. The standard InChI is InChI=1S/C13H15N3O2/c1-8(2)10-5-4-6-11(7-10)16-9(3)12(13(17)18)14-15-16/h4-8H,1-3H3,(H,17,18). The number of hydrogen-bond donors (Lipinski definition) is 1. The molecule has 0 saturated heterocycles. The lowest BCUT2D eigenvalue weighted by atomic mass is 10.0. The van der Waals surface area contributed by atoms with Gasteiger partial charge in [0.15, 0.2) is 5.69 Å². The molecule has 0 bridgehead atoms. The number of rotatable bonds is 3. The Kier molecular flexibility index (Phi) is 3.14. The van der Waals surface area contributed by atoms with Gasteiger partial charge in [0.1, 0.15) is 0 Å². The summed E-state index contributed by atoms with van der Waals surface area (Å²) in [5, 5.41) is 16.5. The summed E-state index contributed by atoms with van der Waals surface area (Å²) in [6.45, 7) is 5.91. The molecule has 0 unspecified atom stereocenters. The summed E-state index contributed by atoms with van der Waals surface area (Å²) in [5.41, 5.74) is 2.53. The number of nitrogens with zero attached hydrogens (tertiary/aromatic N) is 3. The summed E-state index contributed by atoms with van der Waals surface area (Å²) >= 11 is 0. The van der Waals surface area contributed by atoms with Gasteiger partial charge < -0.3 is 5.11 Å². The first-order chi connectivity index (χ1) is 8.50. The second-order valence-electron chi connectivity index (χ2n) is 4.49. The zero-order valence-electron chi connectivity index (χ0n) is 10.6. The van der Waals surface area contributed by atoms with E-state index in [1.54, 1.807) is 11.6 Å². The number of carboxylic acids is 1. The Morgan fingerprint density at radius 3 is 2.67 bits per heavy atom. The topological polar surface area (TPSA) is 68.0 Å². The third-order valence-electron chi connectivity index (χ3n) is 2.88. The molecule has 5 heteroatoms. The van der Waals surface area contributed by atoms with E-state index in [2.05, 4.69) is 24.2 Å². The first-order valence-corrected chi connectivity index (χ1v) is 5.76. The summed E-state index contributed by atoms with van der Waals surface area (Å²) in [6.07, 6.45) is 0. The molecule has 0 aliphatic carbocycles. The highest BCUT2D eigenvalue weighted by Gasteiger charge is 2.16. The second-order valence-corrected chi connectivity index (χ2v) is 4.49. The minimum atomic E-state index is -1.06. The van der Waals surface area contributed by atoms with Crippen LogP contribution in [0.25, 0.3) is 5.69 Å². The zero-order valence-corrected chi connectivity index (χ0v) is 10.6. The van der Waals surface area contributed by atoms with Crippen LogP contribution < -0.4 is 0 Å². The van der Waals surface area contributed by atoms with Crippen LogP contribution in [0.3, 0.4) is 0 Å². The number of benzene rings is 1. The van der Waals surface area contributed by atoms with Gasteiger partial charge in [-0.05, 0) is 30.5 Å². The molecule has 0 atom stereocenters. The maximum atomic E-state index is 10.9. The van der Waals surface area contributed by atoms with Crippen molar-refractivity contribution in [1.29, 1.82) is 0 Å². The molecule has 5 nitrogen and oxygen atoms in total. The Morgan fingerprint density at radius 1 is 1.39 bits per heavy atom. The van der Waals surface area contributed by atoms with Crippen molar-refractivity contribution in [2.24, 2.45) is 0 Å². The summed E-state index contributed by atoms with van der Waals surface area (Å²) in [5.74, 6) is -0.647. The van der Waals surface area contributed by atoms with Gasteiger partial charge in [0.05, 0.1) is 11.4 Å². The van der Waals surface area contributed by atoms with Gasteiger partial charge in [0.2, 0.25) is 0 Å². The zero-order chi connectivity index (χ0) is 13.3. The number of carboxylic acid groups (broad SMARTS) is 1. The lowest BCUT2D eigenvalue weighted by Crippen LogP contribution is -2.03. The van der Waals surface area contributed by atoms with Crippen LogP contribution in [0.1, 0.15) is 41.5 Å². The molecule has 1 aromatic carbocycles. The molecular formula is C13H15N3O2. The normalized spacial score (nSPS) is 10.9. The van der Waals surface area contributed by atoms with Gasteiger partial charge in [-0.25, -0.2) is 9.48 Å². The molecule has 0 amide bonds. The molecule has 94 valence electrons. The Bertz CT molecular complexity index is 588. The summed E-state index contributed by atoms with van der Waals surface area (Å²) in [6, 6.07) is 7.86. The van der Waals surface area contributed by atoms with Crippen molar-refractivity contribution in [3.8, 4) is 5.69 Å². The SMILES string of the molecule is Cc1c(C(=O)O)nnn1-c1cccc(C(C)C)c1. The van der Waals surface area contributed by atoms with E-state index in [-0.39, 0.29) is 5.69 Å². The van der Waals surface area contributed by atoms with Gasteiger partial charge in [-0.15, -0.1) is 5.10 Å². The largest absolute Gasteiger partial charge is 0.476 e. The van der Waals surface area contributed by atoms with Gasteiger partial charge >= 0.3 is 5.97 Å². The number of aromatic carboxylic acids is 1. The number of carbonyl (C=O) groups is 1. The quantitative estimate of drug-likeness (QED) is 0.901. The van der Waals surface area contributed by atoms with E-state index in [1.807, 2.05) is 24.3 Å². The highest BCUT2D eigenvalue weighted by molar-refractivity contribution is 5.86. The number of hydrogen-bond acceptors (Lipinski definition) is 3. The number of aromatic nitrogens is 3. The van der Waals surface area contributed by atoms with E-state index < -0.39 is 5.97 Å². The lowest BCUT2D eigenvalue weighted by Gasteiger charge is -2.08. The minimum absolute atomic E-state index is 0.00931. The van der Waals surface area contributed by atoms with Crippen molar-refractivity contribution in [1.82, 2.24) is 15.0 Å². The molecule has 2 rings (SSSR count). The predicted octanol–water partition coefficient (Wildman–Crippen LogP) is 2.40. The fourth-order valence-corrected chi connectivity index (χ4v) is 1.79. The molecule has 0 aliphatic rings. The van der Waals surface area contributed by atoms with Gasteiger partial charge in [0.25, 0.3) is 0 Å². The summed E-state index contributed by atoms with van der Waals surface area (Å²) in [4.78, 5) is 10.9. The molecule has 0 radical (unpaired) electrons. The van der Waals surface area contributed by atoms with E-state index in [9.17, 15) is 4.79 Å². The average molecular weight is 245 g/mol. The van der Waals surface area contributed by atoms with E-state index in [1.165, 1.54) is 5.56 Å². The van der Waals surface area contributed by atoms with E-state index >= 15 is 0 Å². The monoisotopic (exact) mass is 245 g/mol. The van der Waals surface area contributed by atoms with E-state index in [4.69, 9.17) is 5.11 Å². The van der Waals surface area contributed by atoms with E-state index in [0.29, 0.717) is 11.6 Å². The van der Waals surface area contributed by atoms with Crippen molar-refractivity contribution < 1.29 is 9.90 Å². The minimum Gasteiger partial charge on any atom is -0.476 e. The van der Waals surface area contributed by atoms with Crippen molar-refractivity contribution >= 4 is 5.97 Å². The van der Waals surface area contributed by atoms with Crippen LogP contribution >= 0.6 is 0 Å². The molecule has 1 heterocycles. The van der Waals surface area contributed by atoms with Gasteiger partial charge in [0, 0.05) is 0 Å². The molecular weight excluding hydrogens is 230 g/mol. The van der Waals surface area contributed by atoms with Crippen molar-refractivity contribution in [2.45, 2.75) is 26.7 Å². The lowest BCUT2D eigenvalue weighted by molar-refractivity contribution is 0.0689. The first-order valence-electron chi connectivity index (χ1n) is 5.76. The van der Waals surface area contributed by atoms with Gasteiger partial charge in [-0.3, -0.25) is 0 Å². The third-order valence-corrected chi connectivity index (χ3v) is 2.88. The molecule has 0 spiro atoms. The second kappa shape index (κ2) is 4.60. The van der Waals surface area contributed by atoms with Crippen LogP contribution in [0, 0.1) is 6.92 Å². The Hall–Kier alpha value is -2.17. The summed E-state index contributed by atoms with van der Waals surface area (Å²) < 4.78 is 1.55. The van der Waals surface area contributed by atoms with Crippen molar-refractivity contribution in [3.63, 3.8) is 0 Å². The maximum absolute atomic E-state index is 10.9. The van der Waals surface area contributed by atoms with Crippen LogP contribution in [0.15, 0.2) is 24.3 Å². The van der Waals surface area contributed by atoms with Crippen LogP contribution in [-0.2, 0) is 0 Å². The molecule has 1 aromatic heterocycles. The molecule has 0 saturated carbocycles. The summed E-state index contributed by atoms with van der Waals surface area (Å²) in [7, 11) is 0. The average Bonchev–Trinajstić information content (AvgIpc) is 2.71. The fourth-order valence-electron chi connectivity index (χ4n) is 1.79. The molecule has 2 aromatic rings. The Morgan fingerprint density at radius 2 is 2.11 bits per heavy atom. The highest BCUT2D eigenvalue weighted by atomic mass is 16.4. The molecule has 18 heavy (non-hydrogen) atoms. The molecule has 1 N–H and O–H groups in total. The van der Waals surface area contributed by atoms with Crippen LogP contribution in [0.5, 0.6) is 0 Å². The van der Waals surface area contributed by atoms with Gasteiger partial charge in [-0.1, -0.05) is 31.2 Å². The molecule has 0 fully saturated rings. The Balaban J connectivity index is 2.49. The first kappa shape index (κ1) is 12.3. The van der Waals surface area contributed by atoms with Crippen molar-refractivity contribution in [3.05, 3.63) is 41.2 Å². The van der Waals surface area contributed by atoms with Crippen LogP contribution in [-0.4, -0.2) is 26.1 Å². The third kappa shape index (κ3) is 2.11. The van der Waals surface area contributed by atoms with Crippen LogP contribution in [0.2, 0.25) is 0 Å². The van der Waals surface area contributed by atoms with Crippen LogP contribution in [0.4, 0.5) is 0 Å². The molecule has 0 aliphatic heterocycles. The Labute approximate surface area is 105 Å². The van der Waals surface area contributed by atoms with E-state index in [0.717, 1.165) is 5.69 Å². The smallest absolute Gasteiger partial charge is 0.358 e. The predicted molar refractivity (Wildman–Crippen MR) is 67.1 cm³/mol. The van der Waals surface area contributed by atoms with Crippen molar-refractivity contribution in [2.75, 3.05) is 0 Å².